The number of rotatable bonds is 8. The highest BCUT2D eigenvalue weighted by atomic mass is 19.4. The van der Waals surface area contributed by atoms with Crippen molar-refractivity contribution in [3.63, 3.8) is 0 Å². The van der Waals surface area contributed by atoms with Crippen molar-refractivity contribution in [2.45, 2.75) is 57.3 Å². The maximum atomic E-state index is 13.7. The van der Waals surface area contributed by atoms with E-state index in [0.717, 1.165) is 32.1 Å². The Hall–Kier alpha value is -3.41. The van der Waals surface area contributed by atoms with Crippen LogP contribution in [0.25, 0.3) is 0 Å². The van der Waals surface area contributed by atoms with E-state index in [-0.39, 0.29) is 41.6 Å². The summed E-state index contributed by atoms with van der Waals surface area (Å²) in [5, 5.41) is 8.60. The standard InChI is InChI=1S/C27H36F3N7O2/c1-4-31-24(38)18-7-10-20(15-18)33-23-22(27(28,29)30)16-32-26(35-23)34-19-8-5-17(6-9-19)25(39)37(3)21-11-13-36(2)14-12-21/h5-6,8-9,16,18,20-21H,4,7,10-15H2,1-3H3,(H,31,38)(H2,32,33,34,35)/t18-,20+/m0/s1. The minimum atomic E-state index is -4.64. The molecule has 1 aliphatic carbocycles. The number of aromatic nitrogens is 2. The Morgan fingerprint density at radius 1 is 1.10 bits per heavy atom. The van der Waals surface area contributed by atoms with Crippen molar-refractivity contribution in [1.82, 2.24) is 25.1 Å². The zero-order chi connectivity index (χ0) is 28.2. The van der Waals surface area contributed by atoms with Crippen molar-refractivity contribution in [3.05, 3.63) is 41.6 Å². The van der Waals surface area contributed by atoms with Crippen LogP contribution in [0.4, 0.5) is 30.6 Å². The van der Waals surface area contributed by atoms with Gasteiger partial charge in [0.25, 0.3) is 5.91 Å². The molecule has 0 unspecified atom stereocenters. The smallest absolute Gasteiger partial charge is 0.367 e. The van der Waals surface area contributed by atoms with Gasteiger partial charge in [-0.25, -0.2) is 4.98 Å². The lowest BCUT2D eigenvalue weighted by Crippen LogP contribution is -2.44. The first-order valence-corrected chi connectivity index (χ1v) is 13.4. The number of likely N-dealkylation sites (tertiary alicyclic amines) is 1. The van der Waals surface area contributed by atoms with Crippen LogP contribution < -0.4 is 16.0 Å². The van der Waals surface area contributed by atoms with Crippen molar-refractivity contribution in [3.8, 4) is 0 Å². The van der Waals surface area contributed by atoms with Crippen LogP contribution in [0.5, 0.6) is 0 Å². The first kappa shape index (κ1) is 28.6. The van der Waals surface area contributed by atoms with Crippen LogP contribution in [-0.4, -0.2) is 77.4 Å². The van der Waals surface area contributed by atoms with Crippen molar-refractivity contribution >= 4 is 29.3 Å². The molecule has 1 saturated carbocycles. The molecule has 2 atom stereocenters. The average molecular weight is 548 g/mol. The summed E-state index contributed by atoms with van der Waals surface area (Å²) in [5.74, 6) is -0.728. The third-order valence-electron chi connectivity index (χ3n) is 7.53. The fourth-order valence-electron chi connectivity index (χ4n) is 5.20. The largest absolute Gasteiger partial charge is 0.421 e. The zero-order valence-electron chi connectivity index (χ0n) is 22.5. The molecule has 2 aromatic rings. The summed E-state index contributed by atoms with van der Waals surface area (Å²) in [7, 11) is 3.89. The molecule has 2 amide bonds. The van der Waals surface area contributed by atoms with Gasteiger partial charge in [-0.2, -0.15) is 18.2 Å². The van der Waals surface area contributed by atoms with E-state index in [4.69, 9.17) is 0 Å². The molecule has 1 saturated heterocycles. The van der Waals surface area contributed by atoms with Gasteiger partial charge in [0.2, 0.25) is 11.9 Å². The highest BCUT2D eigenvalue weighted by molar-refractivity contribution is 5.94. The number of nitrogens with zero attached hydrogens (tertiary/aromatic N) is 4. The van der Waals surface area contributed by atoms with Crippen molar-refractivity contribution in [2.75, 3.05) is 44.4 Å². The molecule has 212 valence electrons. The molecule has 0 bridgehead atoms. The number of carbonyl (C=O) groups is 2. The Morgan fingerprint density at radius 2 is 1.79 bits per heavy atom. The van der Waals surface area contributed by atoms with E-state index in [9.17, 15) is 22.8 Å². The summed E-state index contributed by atoms with van der Waals surface area (Å²) in [5.41, 5.74) is 0.101. The van der Waals surface area contributed by atoms with E-state index < -0.39 is 11.7 Å². The molecule has 3 N–H and O–H groups in total. The highest BCUT2D eigenvalue weighted by Gasteiger charge is 2.37. The minimum absolute atomic E-state index is 0.00806. The van der Waals surface area contributed by atoms with E-state index in [1.165, 1.54) is 0 Å². The van der Waals surface area contributed by atoms with Gasteiger partial charge in [0.05, 0.1) is 0 Å². The number of hydrogen-bond donors (Lipinski definition) is 3. The van der Waals surface area contributed by atoms with Gasteiger partial charge in [-0.1, -0.05) is 0 Å². The van der Waals surface area contributed by atoms with Gasteiger partial charge in [0.15, 0.2) is 0 Å². The van der Waals surface area contributed by atoms with Crippen LogP contribution >= 0.6 is 0 Å². The van der Waals surface area contributed by atoms with Gasteiger partial charge in [0.1, 0.15) is 11.4 Å². The van der Waals surface area contributed by atoms with Gasteiger partial charge in [0, 0.05) is 49.0 Å². The fourth-order valence-corrected chi connectivity index (χ4v) is 5.20. The quantitative estimate of drug-likeness (QED) is 0.457. The summed E-state index contributed by atoms with van der Waals surface area (Å²) < 4.78 is 41.0. The van der Waals surface area contributed by atoms with Crippen LogP contribution in [0, 0.1) is 5.92 Å². The summed E-state index contributed by atoms with van der Waals surface area (Å²) >= 11 is 0. The molecule has 0 spiro atoms. The lowest BCUT2D eigenvalue weighted by molar-refractivity contribution is -0.137. The molecular weight excluding hydrogens is 511 g/mol. The van der Waals surface area contributed by atoms with Gasteiger partial charge in [-0.05, 0) is 83.4 Å². The molecule has 12 heteroatoms. The normalized spacial score (nSPS) is 20.5. The number of piperidine rings is 1. The van der Waals surface area contributed by atoms with Crippen LogP contribution in [0.3, 0.4) is 0 Å². The second-order valence-corrected chi connectivity index (χ2v) is 10.4. The summed E-state index contributed by atoms with van der Waals surface area (Å²) in [4.78, 5) is 37.1. The second-order valence-electron chi connectivity index (χ2n) is 10.4. The molecule has 9 nitrogen and oxygen atoms in total. The zero-order valence-corrected chi connectivity index (χ0v) is 22.5. The third-order valence-corrected chi connectivity index (χ3v) is 7.53. The maximum absolute atomic E-state index is 13.7. The maximum Gasteiger partial charge on any atom is 0.421 e. The van der Waals surface area contributed by atoms with E-state index >= 15 is 0 Å². The molecule has 1 aliphatic heterocycles. The minimum Gasteiger partial charge on any atom is -0.367 e. The van der Waals surface area contributed by atoms with E-state index in [2.05, 4.69) is 37.9 Å². The van der Waals surface area contributed by atoms with Crippen molar-refractivity contribution in [2.24, 2.45) is 5.92 Å². The number of alkyl halides is 3. The SMILES string of the molecule is CCNC(=O)[C@H]1CC[C@@H](Nc2nc(Nc3ccc(C(=O)N(C)C4CCN(C)CC4)cc3)ncc2C(F)(F)F)C1. The first-order valence-electron chi connectivity index (χ1n) is 13.4. The Balaban J connectivity index is 1.43. The van der Waals surface area contributed by atoms with Gasteiger partial charge >= 0.3 is 6.18 Å². The first-order chi connectivity index (χ1) is 18.5. The lowest BCUT2D eigenvalue weighted by Gasteiger charge is -2.35. The van der Waals surface area contributed by atoms with Gasteiger partial charge in [-0.3, -0.25) is 9.59 Å². The Kier molecular flexibility index (Phi) is 8.94. The van der Waals surface area contributed by atoms with Crippen LogP contribution in [-0.2, 0) is 11.0 Å². The Labute approximate surface area is 226 Å². The number of carbonyl (C=O) groups excluding carboxylic acids is 2. The number of nitrogens with one attached hydrogen (secondary N) is 3. The van der Waals surface area contributed by atoms with E-state index in [0.29, 0.717) is 37.1 Å². The lowest BCUT2D eigenvalue weighted by atomic mass is 10.0. The van der Waals surface area contributed by atoms with Crippen LogP contribution in [0.15, 0.2) is 30.5 Å². The number of benzene rings is 1. The van der Waals surface area contributed by atoms with Crippen LogP contribution in [0.1, 0.15) is 54.9 Å². The number of halogens is 3. The molecule has 2 heterocycles. The third kappa shape index (κ3) is 7.17. The number of amides is 2. The second kappa shape index (κ2) is 12.2. The van der Waals surface area contributed by atoms with Gasteiger partial charge in [-0.15, -0.1) is 0 Å². The van der Waals surface area contributed by atoms with Crippen LogP contribution in [0.2, 0.25) is 0 Å². The van der Waals surface area contributed by atoms with Crippen molar-refractivity contribution in [1.29, 1.82) is 0 Å². The molecular formula is C27H36F3N7O2. The molecule has 1 aromatic carbocycles. The summed E-state index contributed by atoms with van der Waals surface area (Å²) in [6.45, 7) is 4.24. The Bertz CT molecular complexity index is 1150. The number of hydrogen-bond acceptors (Lipinski definition) is 7. The predicted molar refractivity (Wildman–Crippen MR) is 143 cm³/mol. The molecule has 0 radical (unpaired) electrons. The molecule has 4 rings (SSSR count). The molecule has 39 heavy (non-hydrogen) atoms. The molecule has 2 fully saturated rings. The average Bonchev–Trinajstić information content (AvgIpc) is 3.37. The summed E-state index contributed by atoms with van der Waals surface area (Å²) in [6.07, 6.45) is -0.451. The number of anilines is 3. The summed E-state index contributed by atoms with van der Waals surface area (Å²) in [6, 6.07) is 6.59. The molecule has 1 aromatic heterocycles. The topological polar surface area (TPSA) is 102 Å². The monoisotopic (exact) mass is 547 g/mol. The van der Waals surface area contributed by atoms with E-state index in [1.807, 2.05) is 14.0 Å². The fraction of sp³-hybridized carbons (Fsp3) is 0.556. The van der Waals surface area contributed by atoms with E-state index in [1.54, 1.807) is 29.2 Å². The Morgan fingerprint density at radius 3 is 2.44 bits per heavy atom. The predicted octanol–water partition coefficient (Wildman–Crippen LogP) is 4.12. The molecule has 2 aliphatic rings. The highest BCUT2D eigenvalue weighted by Crippen LogP contribution is 2.36. The van der Waals surface area contributed by atoms with Gasteiger partial charge < -0.3 is 25.8 Å². The van der Waals surface area contributed by atoms with Crippen molar-refractivity contribution < 1.29 is 22.8 Å².